The van der Waals surface area contributed by atoms with Crippen LogP contribution < -0.4 is 0 Å². The number of hydrogen-bond acceptors (Lipinski definition) is 4. The summed E-state index contributed by atoms with van der Waals surface area (Å²) in [7, 11) is 0. The lowest BCUT2D eigenvalue weighted by Gasteiger charge is -2.36. The fourth-order valence-electron chi connectivity index (χ4n) is 2.09. The zero-order valence-corrected chi connectivity index (χ0v) is 11.2. The van der Waals surface area contributed by atoms with Crippen molar-refractivity contribution in [2.75, 3.05) is 26.2 Å². The maximum absolute atomic E-state index is 5.71. The number of hydrogen-bond donors (Lipinski definition) is 0. The third kappa shape index (κ3) is 3.63. The van der Waals surface area contributed by atoms with Gasteiger partial charge in [-0.05, 0) is 26.0 Å². The molecule has 0 bridgehead atoms. The van der Waals surface area contributed by atoms with E-state index in [1.54, 1.807) is 6.07 Å². The molecule has 0 aliphatic carbocycles. The Hall–Kier alpha value is -0.710. The molecule has 0 aromatic carbocycles. The molecule has 1 aromatic heterocycles. The predicted molar refractivity (Wildman–Crippen MR) is 69.0 cm³/mol. The van der Waals surface area contributed by atoms with Crippen LogP contribution >= 0.6 is 11.6 Å². The number of halogens is 1. The van der Waals surface area contributed by atoms with Gasteiger partial charge < -0.3 is 0 Å². The van der Waals surface area contributed by atoms with E-state index in [0.29, 0.717) is 11.2 Å². The highest BCUT2D eigenvalue weighted by atomic mass is 35.5. The van der Waals surface area contributed by atoms with E-state index >= 15 is 0 Å². The van der Waals surface area contributed by atoms with Crippen LogP contribution in [-0.2, 0) is 6.54 Å². The molecule has 1 saturated heterocycles. The van der Waals surface area contributed by atoms with Gasteiger partial charge in [-0.2, -0.15) is 5.10 Å². The molecule has 0 amide bonds. The Balaban J connectivity index is 1.84. The van der Waals surface area contributed by atoms with Crippen molar-refractivity contribution in [1.29, 1.82) is 0 Å². The lowest BCUT2D eigenvalue weighted by atomic mass is 10.2. The molecule has 0 N–H and O–H groups in total. The van der Waals surface area contributed by atoms with Crippen molar-refractivity contribution in [3.8, 4) is 0 Å². The van der Waals surface area contributed by atoms with E-state index in [-0.39, 0.29) is 0 Å². The van der Waals surface area contributed by atoms with Gasteiger partial charge in [-0.15, -0.1) is 5.10 Å². The molecule has 17 heavy (non-hydrogen) atoms. The summed E-state index contributed by atoms with van der Waals surface area (Å²) in [6.45, 7) is 9.85. The molecule has 0 unspecified atom stereocenters. The summed E-state index contributed by atoms with van der Waals surface area (Å²) < 4.78 is 0. The summed E-state index contributed by atoms with van der Waals surface area (Å²) in [6.07, 6.45) is 0. The van der Waals surface area contributed by atoms with Crippen LogP contribution in [-0.4, -0.2) is 52.2 Å². The first-order valence-corrected chi connectivity index (χ1v) is 6.47. The lowest BCUT2D eigenvalue weighted by molar-refractivity contribution is 0.103. The molecule has 4 nitrogen and oxygen atoms in total. The van der Waals surface area contributed by atoms with Gasteiger partial charge in [0, 0.05) is 38.8 Å². The molecule has 2 heterocycles. The van der Waals surface area contributed by atoms with Crippen molar-refractivity contribution in [2.24, 2.45) is 0 Å². The smallest absolute Gasteiger partial charge is 0.151 e. The summed E-state index contributed by atoms with van der Waals surface area (Å²) in [4.78, 5) is 4.92. The average molecular weight is 255 g/mol. The Labute approximate surface area is 108 Å². The van der Waals surface area contributed by atoms with Crippen molar-refractivity contribution in [3.05, 3.63) is 23.0 Å². The van der Waals surface area contributed by atoms with E-state index in [4.69, 9.17) is 11.6 Å². The first-order chi connectivity index (χ1) is 8.15. The average Bonchev–Trinajstić information content (AvgIpc) is 2.33. The SMILES string of the molecule is CC(C)N1CCN(Cc2ccc(Cl)nn2)CC1. The van der Waals surface area contributed by atoms with E-state index in [0.717, 1.165) is 38.4 Å². The van der Waals surface area contributed by atoms with Gasteiger partial charge >= 0.3 is 0 Å². The topological polar surface area (TPSA) is 32.3 Å². The van der Waals surface area contributed by atoms with Crippen molar-refractivity contribution in [2.45, 2.75) is 26.4 Å². The minimum absolute atomic E-state index is 0.457. The number of piperazine rings is 1. The Kier molecular flexibility index (Phi) is 4.31. The molecule has 2 rings (SSSR count). The van der Waals surface area contributed by atoms with Crippen molar-refractivity contribution in [1.82, 2.24) is 20.0 Å². The highest BCUT2D eigenvalue weighted by Gasteiger charge is 2.18. The quantitative estimate of drug-likeness (QED) is 0.821. The van der Waals surface area contributed by atoms with Crippen LogP contribution in [0.2, 0.25) is 5.15 Å². The number of nitrogens with zero attached hydrogens (tertiary/aromatic N) is 4. The molecule has 0 atom stereocenters. The monoisotopic (exact) mass is 254 g/mol. The maximum atomic E-state index is 5.71. The molecule has 94 valence electrons. The highest BCUT2D eigenvalue weighted by molar-refractivity contribution is 6.29. The zero-order chi connectivity index (χ0) is 12.3. The number of aromatic nitrogens is 2. The van der Waals surface area contributed by atoms with Gasteiger partial charge in [-0.1, -0.05) is 11.6 Å². The first kappa shape index (κ1) is 12.7. The zero-order valence-electron chi connectivity index (χ0n) is 10.4. The van der Waals surface area contributed by atoms with Crippen LogP contribution in [0.3, 0.4) is 0 Å². The van der Waals surface area contributed by atoms with Gasteiger partial charge in [0.2, 0.25) is 0 Å². The van der Waals surface area contributed by atoms with Gasteiger partial charge in [0.05, 0.1) is 5.69 Å². The maximum Gasteiger partial charge on any atom is 0.151 e. The van der Waals surface area contributed by atoms with Gasteiger partial charge in [-0.25, -0.2) is 0 Å². The van der Waals surface area contributed by atoms with Crippen LogP contribution in [0.5, 0.6) is 0 Å². The molecule has 1 aliphatic heterocycles. The van der Waals surface area contributed by atoms with Crippen LogP contribution in [0, 0.1) is 0 Å². The van der Waals surface area contributed by atoms with Crippen molar-refractivity contribution >= 4 is 11.6 Å². The molecule has 1 aromatic rings. The van der Waals surface area contributed by atoms with Gasteiger partial charge in [0.15, 0.2) is 5.15 Å². The summed E-state index contributed by atoms with van der Waals surface area (Å²) in [5, 5.41) is 8.41. The second kappa shape index (κ2) is 5.76. The lowest BCUT2D eigenvalue weighted by Crippen LogP contribution is -2.48. The molecule has 0 radical (unpaired) electrons. The van der Waals surface area contributed by atoms with Gasteiger partial charge in [-0.3, -0.25) is 9.80 Å². The van der Waals surface area contributed by atoms with Crippen molar-refractivity contribution < 1.29 is 0 Å². The van der Waals surface area contributed by atoms with E-state index in [2.05, 4.69) is 33.8 Å². The Bertz CT molecular complexity index is 344. The Morgan fingerprint density at radius 2 is 1.88 bits per heavy atom. The van der Waals surface area contributed by atoms with E-state index in [1.807, 2.05) is 6.07 Å². The minimum Gasteiger partial charge on any atom is -0.298 e. The largest absolute Gasteiger partial charge is 0.298 e. The molecular formula is C12H19ClN4. The molecular weight excluding hydrogens is 236 g/mol. The Morgan fingerprint density at radius 1 is 1.18 bits per heavy atom. The normalized spacial score (nSPS) is 18.8. The fourth-order valence-corrected chi connectivity index (χ4v) is 2.20. The standard InChI is InChI=1S/C12H19ClN4/c1-10(2)17-7-5-16(6-8-17)9-11-3-4-12(13)15-14-11/h3-4,10H,5-9H2,1-2H3. The second-order valence-electron chi connectivity index (χ2n) is 4.75. The molecule has 5 heteroatoms. The fraction of sp³-hybridized carbons (Fsp3) is 0.667. The minimum atomic E-state index is 0.457. The first-order valence-electron chi connectivity index (χ1n) is 6.09. The number of rotatable bonds is 3. The van der Waals surface area contributed by atoms with Crippen LogP contribution in [0.1, 0.15) is 19.5 Å². The molecule has 0 spiro atoms. The predicted octanol–water partition coefficient (Wildman–Crippen LogP) is 1.66. The van der Waals surface area contributed by atoms with E-state index < -0.39 is 0 Å². The Morgan fingerprint density at radius 3 is 2.41 bits per heavy atom. The van der Waals surface area contributed by atoms with Crippen LogP contribution in [0.25, 0.3) is 0 Å². The van der Waals surface area contributed by atoms with Crippen molar-refractivity contribution in [3.63, 3.8) is 0 Å². The second-order valence-corrected chi connectivity index (χ2v) is 5.14. The third-order valence-electron chi connectivity index (χ3n) is 3.21. The van der Waals surface area contributed by atoms with E-state index in [1.165, 1.54) is 0 Å². The summed E-state index contributed by atoms with van der Waals surface area (Å²) >= 11 is 5.71. The van der Waals surface area contributed by atoms with Crippen LogP contribution in [0.4, 0.5) is 0 Å². The summed E-state index contributed by atoms with van der Waals surface area (Å²) in [5.41, 5.74) is 0.993. The summed E-state index contributed by atoms with van der Waals surface area (Å²) in [5.74, 6) is 0. The third-order valence-corrected chi connectivity index (χ3v) is 3.41. The van der Waals surface area contributed by atoms with Gasteiger partial charge in [0.25, 0.3) is 0 Å². The molecule has 0 saturated carbocycles. The summed E-state index contributed by atoms with van der Waals surface area (Å²) in [6, 6.07) is 4.39. The molecule has 1 fully saturated rings. The van der Waals surface area contributed by atoms with Gasteiger partial charge in [0.1, 0.15) is 0 Å². The van der Waals surface area contributed by atoms with E-state index in [9.17, 15) is 0 Å². The molecule has 1 aliphatic rings. The highest BCUT2D eigenvalue weighted by Crippen LogP contribution is 2.09. The van der Waals surface area contributed by atoms with Crippen LogP contribution in [0.15, 0.2) is 12.1 Å².